The number of nitrogens with one attached hydrogen (secondary N) is 1. The lowest BCUT2D eigenvalue weighted by Gasteiger charge is -2.11. The van der Waals surface area contributed by atoms with E-state index < -0.39 is 0 Å². The molecule has 0 atom stereocenters. The van der Waals surface area contributed by atoms with Gasteiger partial charge in [-0.3, -0.25) is 10.3 Å². The fourth-order valence-corrected chi connectivity index (χ4v) is 1.67. The van der Waals surface area contributed by atoms with Crippen LogP contribution < -0.4 is 5.48 Å². The lowest BCUT2D eigenvalue weighted by atomic mass is 10.1. The highest BCUT2D eigenvalue weighted by Crippen LogP contribution is 2.11. The zero-order valence-corrected chi connectivity index (χ0v) is 10.5. The van der Waals surface area contributed by atoms with Crippen LogP contribution in [0.1, 0.15) is 18.1 Å². The summed E-state index contributed by atoms with van der Waals surface area (Å²) in [4.78, 5) is 5.51. The fraction of sp³-hybridized carbons (Fsp3) is 0.125. The minimum atomic E-state index is 0.547. The molecule has 0 radical (unpaired) electrons. The van der Waals surface area contributed by atoms with Crippen LogP contribution in [0.25, 0.3) is 5.70 Å². The van der Waals surface area contributed by atoms with Gasteiger partial charge in [0.05, 0.1) is 12.3 Å². The topological polar surface area (TPSA) is 21.3 Å². The van der Waals surface area contributed by atoms with E-state index >= 15 is 0 Å². The monoisotopic (exact) mass is 239 g/mol. The first-order chi connectivity index (χ1) is 8.90. The molecule has 0 aliphatic rings. The van der Waals surface area contributed by atoms with E-state index in [1.54, 1.807) is 0 Å². The molecular formula is C16H17NO. The maximum atomic E-state index is 5.51. The average molecular weight is 239 g/mol. The van der Waals surface area contributed by atoms with Crippen LogP contribution in [0.4, 0.5) is 0 Å². The summed E-state index contributed by atoms with van der Waals surface area (Å²) in [6.07, 6.45) is 2.00. The molecule has 0 fully saturated rings. The Hall–Kier alpha value is -2.06. The van der Waals surface area contributed by atoms with Gasteiger partial charge in [-0.1, -0.05) is 66.7 Å². The Kier molecular flexibility index (Phi) is 4.56. The van der Waals surface area contributed by atoms with Gasteiger partial charge in [0.25, 0.3) is 0 Å². The Balaban J connectivity index is 1.90. The standard InChI is InChI=1S/C16H17NO/c1-2-16(15-11-7-4-8-12-15)17-18-13-14-9-5-3-6-10-14/h2-12,17H,13H2,1H3/b16-2+. The maximum absolute atomic E-state index is 5.51. The van der Waals surface area contributed by atoms with Crippen molar-refractivity contribution in [3.8, 4) is 0 Å². The molecule has 0 aliphatic heterocycles. The third-order valence-electron chi connectivity index (χ3n) is 2.64. The van der Waals surface area contributed by atoms with Crippen molar-refractivity contribution in [1.29, 1.82) is 0 Å². The molecule has 0 unspecified atom stereocenters. The summed E-state index contributed by atoms with van der Waals surface area (Å²) in [5.74, 6) is 0. The highest BCUT2D eigenvalue weighted by atomic mass is 16.6. The van der Waals surface area contributed by atoms with Gasteiger partial charge in [0, 0.05) is 0 Å². The van der Waals surface area contributed by atoms with Crippen LogP contribution in [0.2, 0.25) is 0 Å². The molecule has 0 spiro atoms. The van der Waals surface area contributed by atoms with Crippen molar-refractivity contribution in [3.63, 3.8) is 0 Å². The van der Waals surface area contributed by atoms with Crippen LogP contribution >= 0.6 is 0 Å². The third kappa shape index (κ3) is 3.47. The molecule has 2 heteroatoms. The van der Waals surface area contributed by atoms with E-state index in [-0.39, 0.29) is 0 Å². The number of allylic oxidation sites excluding steroid dienone is 1. The van der Waals surface area contributed by atoms with Crippen molar-refractivity contribution in [1.82, 2.24) is 5.48 Å². The van der Waals surface area contributed by atoms with Crippen molar-refractivity contribution in [3.05, 3.63) is 77.9 Å². The molecule has 0 bridgehead atoms. The van der Waals surface area contributed by atoms with Gasteiger partial charge in [-0.15, -0.1) is 0 Å². The van der Waals surface area contributed by atoms with Gasteiger partial charge in [-0.25, -0.2) is 0 Å². The zero-order chi connectivity index (χ0) is 12.6. The molecular weight excluding hydrogens is 222 g/mol. The van der Waals surface area contributed by atoms with Gasteiger partial charge in [0.15, 0.2) is 0 Å². The molecule has 2 aromatic rings. The summed E-state index contributed by atoms with van der Waals surface area (Å²) in [6, 6.07) is 20.2. The lowest BCUT2D eigenvalue weighted by Crippen LogP contribution is -2.12. The summed E-state index contributed by atoms with van der Waals surface area (Å²) in [5.41, 5.74) is 6.24. The molecule has 0 amide bonds. The number of rotatable bonds is 5. The minimum absolute atomic E-state index is 0.547. The van der Waals surface area contributed by atoms with E-state index in [9.17, 15) is 0 Å². The van der Waals surface area contributed by atoms with E-state index in [0.29, 0.717) is 6.61 Å². The SMILES string of the molecule is C/C=C(/NOCc1ccccc1)c1ccccc1. The van der Waals surface area contributed by atoms with Crippen LogP contribution in [0, 0.1) is 0 Å². The Morgan fingerprint density at radius 1 is 1.00 bits per heavy atom. The molecule has 0 aliphatic carbocycles. The molecule has 0 saturated heterocycles. The predicted octanol–water partition coefficient (Wildman–Crippen LogP) is 3.77. The number of benzene rings is 2. The Bertz CT molecular complexity index is 491. The highest BCUT2D eigenvalue weighted by Gasteiger charge is 1.99. The Morgan fingerprint density at radius 2 is 1.61 bits per heavy atom. The third-order valence-corrected chi connectivity index (χ3v) is 2.64. The molecule has 0 heterocycles. The van der Waals surface area contributed by atoms with E-state index in [2.05, 4.69) is 5.48 Å². The van der Waals surface area contributed by atoms with Crippen molar-refractivity contribution < 1.29 is 4.84 Å². The average Bonchev–Trinajstić information content (AvgIpc) is 2.46. The summed E-state index contributed by atoms with van der Waals surface area (Å²) in [6.45, 7) is 2.53. The number of hydroxylamine groups is 1. The van der Waals surface area contributed by atoms with E-state index in [0.717, 1.165) is 16.8 Å². The predicted molar refractivity (Wildman–Crippen MR) is 74.5 cm³/mol. The Morgan fingerprint density at radius 3 is 2.22 bits per heavy atom. The van der Waals surface area contributed by atoms with Gasteiger partial charge < -0.3 is 0 Å². The van der Waals surface area contributed by atoms with Crippen LogP contribution in [0.5, 0.6) is 0 Å². The maximum Gasteiger partial charge on any atom is 0.0996 e. The summed E-state index contributed by atoms with van der Waals surface area (Å²) in [5, 5.41) is 0. The molecule has 0 aromatic heterocycles. The second-order valence-electron chi connectivity index (χ2n) is 3.94. The molecule has 0 saturated carbocycles. The molecule has 92 valence electrons. The largest absolute Gasteiger partial charge is 0.271 e. The molecule has 18 heavy (non-hydrogen) atoms. The fourth-order valence-electron chi connectivity index (χ4n) is 1.67. The molecule has 2 rings (SSSR count). The smallest absolute Gasteiger partial charge is 0.0996 e. The van der Waals surface area contributed by atoms with Gasteiger partial charge in [-0.05, 0) is 18.1 Å². The van der Waals surface area contributed by atoms with Crippen molar-refractivity contribution in [2.75, 3.05) is 0 Å². The first kappa shape index (κ1) is 12.4. The number of hydrogen-bond acceptors (Lipinski definition) is 2. The van der Waals surface area contributed by atoms with Gasteiger partial charge in [0.1, 0.15) is 0 Å². The van der Waals surface area contributed by atoms with E-state index in [1.807, 2.05) is 73.7 Å². The van der Waals surface area contributed by atoms with Gasteiger partial charge >= 0.3 is 0 Å². The normalized spacial score (nSPS) is 11.3. The number of hydrogen-bond donors (Lipinski definition) is 1. The van der Waals surface area contributed by atoms with Crippen LogP contribution in [-0.4, -0.2) is 0 Å². The van der Waals surface area contributed by atoms with Crippen LogP contribution in [0.15, 0.2) is 66.7 Å². The van der Waals surface area contributed by atoms with Gasteiger partial charge in [-0.2, -0.15) is 0 Å². The van der Waals surface area contributed by atoms with Crippen LogP contribution in [-0.2, 0) is 11.4 Å². The summed E-state index contributed by atoms with van der Waals surface area (Å²) < 4.78 is 0. The van der Waals surface area contributed by atoms with E-state index in [1.165, 1.54) is 0 Å². The Labute approximate surface area is 108 Å². The zero-order valence-electron chi connectivity index (χ0n) is 10.5. The van der Waals surface area contributed by atoms with E-state index in [4.69, 9.17) is 4.84 Å². The lowest BCUT2D eigenvalue weighted by molar-refractivity contribution is 0.0645. The first-order valence-electron chi connectivity index (χ1n) is 6.03. The second-order valence-corrected chi connectivity index (χ2v) is 3.94. The second kappa shape index (κ2) is 6.62. The van der Waals surface area contributed by atoms with Gasteiger partial charge in [0.2, 0.25) is 0 Å². The quantitative estimate of drug-likeness (QED) is 0.802. The molecule has 2 aromatic carbocycles. The summed E-state index contributed by atoms with van der Waals surface area (Å²) >= 11 is 0. The van der Waals surface area contributed by atoms with Crippen LogP contribution in [0.3, 0.4) is 0 Å². The molecule has 1 N–H and O–H groups in total. The highest BCUT2D eigenvalue weighted by molar-refractivity contribution is 5.62. The molecule has 2 nitrogen and oxygen atoms in total. The summed E-state index contributed by atoms with van der Waals surface area (Å²) in [7, 11) is 0. The minimum Gasteiger partial charge on any atom is -0.271 e. The van der Waals surface area contributed by atoms with Crippen molar-refractivity contribution >= 4 is 5.70 Å². The van der Waals surface area contributed by atoms with Crippen molar-refractivity contribution in [2.24, 2.45) is 0 Å². The van der Waals surface area contributed by atoms with Crippen molar-refractivity contribution in [2.45, 2.75) is 13.5 Å². The first-order valence-corrected chi connectivity index (χ1v) is 6.03.